The standard InChI is InChI=1S/C6H10F3NO4S/c1-4(6(7,8)9)15(13,14)10(2)3-5(11)12/h4H,3H2,1-2H3,(H,11,12). The van der Waals surface area contributed by atoms with E-state index < -0.39 is 34.0 Å². The Morgan fingerprint density at radius 1 is 1.47 bits per heavy atom. The van der Waals surface area contributed by atoms with Crippen molar-refractivity contribution in [3.63, 3.8) is 0 Å². The van der Waals surface area contributed by atoms with Gasteiger partial charge in [0.2, 0.25) is 10.0 Å². The Kier molecular flexibility index (Phi) is 4.11. The molecule has 0 spiro atoms. The minimum absolute atomic E-state index is 0.160. The summed E-state index contributed by atoms with van der Waals surface area (Å²) in [6, 6.07) is 0. The number of sulfonamides is 1. The van der Waals surface area contributed by atoms with Crippen molar-refractivity contribution in [2.75, 3.05) is 13.6 Å². The highest BCUT2D eigenvalue weighted by atomic mass is 32.2. The van der Waals surface area contributed by atoms with Gasteiger partial charge < -0.3 is 5.11 Å². The first-order chi connectivity index (χ1) is 6.49. The van der Waals surface area contributed by atoms with Crippen molar-refractivity contribution in [2.24, 2.45) is 0 Å². The summed E-state index contributed by atoms with van der Waals surface area (Å²) >= 11 is 0. The van der Waals surface area contributed by atoms with E-state index in [0.29, 0.717) is 6.92 Å². The van der Waals surface area contributed by atoms with Crippen LogP contribution in [0.2, 0.25) is 0 Å². The molecule has 5 nitrogen and oxygen atoms in total. The predicted molar refractivity (Wildman–Crippen MR) is 44.7 cm³/mol. The Labute approximate surface area is 84.5 Å². The molecule has 0 saturated heterocycles. The fourth-order valence-corrected chi connectivity index (χ4v) is 1.89. The smallest absolute Gasteiger partial charge is 0.406 e. The number of alkyl halides is 3. The van der Waals surface area contributed by atoms with Crippen molar-refractivity contribution in [1.82, 2.24) is 4.31 Å². The Balaban J connectivity index is 4.91. The molecule has 0 saturated carbocycles. The van der Waals surface area contributed by atoms with E-state index in [0.717, 1.165) is 7.05 Å². The number of carbonyl (C=O) groups is 1. The van der Waals surface area contributed by atoms with Gasteiger partial charge in [-0.05, 0) is 6.92 Å². The molecule has 0 radical (unpaired) electrons. The van der Waals surface area contributed by atoms with Crippen LogP contribution in [-0.4, -0.2) is 48.8 Å². The predicted octanol–water partition coefficient (Wildman–Crippen LogP) is 0.283. The summed E-state index contributed by atoms with van der Waals surface area (Å²) in [5, 5.41) is 5.63. The number of aliphatic carboxylic acids is 1. The number of hydrogen-bond donors (Lipinski definition) is 1. The van der Waals surface area contributed by atoms with E-state index in [1.54, 1.807) is 0 Å². The maximum atomic E-state index is 12.1. The molecule has 0 aliphatic rings. The van der Waals surface area contributed by atoms with E-state index in [9.17, 15) is 26.4 Å². The molecule has 0 aliphatic carbocycles. The first-order valence-corrected chi connectivity index (χ1v) is 5.23. The van der Waals surface area contributed by atoms with Crippen LogP contribution in [0.3, 0.4) is 0 Å². The van der Waals surface area contributed by atoms with Gasteiger partial charge in [-0.3, -0.25) is 4.79 Å². The maximum Gasteiger partial charge on any atom is 0.406 e. The Bertz CT molecular complexity index is 337. The molecule has 0 aromatic heterocycles. The lowest BCUT2D eigenvalue weighted by molar-refractivity contribution is -0.137. The van der Waals surface area contributed by atoms with Crippen molar-refractivity contribution >= 4 is 16.0 Å². The molecule has 0 bridgehead atoms. The van der Waals surface area contributed by atoms with Gasteiger partial charge in [0.05, 0.1) is 0 Å². The SMILES string of the molecule is CC(C(F)(F)F)S(=O)(=O)N(C)CC(=O)O. The van der Waals surface area contributed by atoms with Gasteiger partial charge in [0.25, 0.3) is 0 Å². The minimum atomic E-state index is -4.91. The van der Waals surface area contributed by atoms with Crippen LogP contribution in [0.1, 0.15) is 6.92 Å². The highest BCUT2D eigenvalue weighted by Gasteiger charge is 2.47. The maximum absolute atomic E-state index is 12.1. The zero-order valence-corrected chi connectivity index (χ0v) is 8.76. The molecule has 9 heteroatoms. The minimum Gasteiger partial charge on any atom is -0.480 e. The van der Waals surface area contributed by atoms with Crippen LogP contribution >= 0.6 is 0 Å². The third-order valence-corrected chi connectivity index (χ3v) is 3.86. The van der Waals surface area contributed by atoms with Crippen LogP contribution in [0.15, 0.2) is 0 Å². The molecular weight excluding hydrogens is 239 g/mol. The zero-order chi connectivity index (χ0) is 12.4. The van der Waals surface area contributed by atoms with Crippen LogP contribution in [-0.2, 0) is 14.8 Å². The number of nitrogens with zero attached hydrogens (tertiary/aromatic N) is 1. The van der Waals surface area contributed by atoms with Gasteiger partial charge in [0.1, 0.15) is 6.54 Å². The number of carboxylic acid groups (broad SMARTS) is 1. The molecule has 0 aliphatic heterocycles. The molecule has 1 N–H and O–H groups in total. The Morgan fingerprint density at radius 2 is 1.87 bits per heavy atom. The van der Waals surface area contributed by atoms with Crippen molar-refractivity contribution in [3.8, 4) is 0 Å². The molecule has 15 heavy (non-hydrogen) atoms. The van der Waals surface area contributed by atoms with Crippen LogP contribution in [0.25, 0.3) is 0 Å². The second-order valence-corrected chi connectivity index (χ2v) is 5.24. The molecule has 0 rings (SSSR count). The van der Waals surface area contributed by atoms with E-state index in [2.05, 4.69) is 0 Å². The Morgan fingerprint density at radius 3 is 2.13 bits per heavy atom. The van der Waals surface area contributed by atoms with Gasteiger partial charge in [-0.2, -0.15) is 17.5 Å². The summed E-state index contributed by atoms with van der Waals surface area (Å²) in [5.41, 5.74) is 0. The number of halogens is 3. The highest BCUT2D eigenvalue weighted by Crippen LogP contribution is 2.26. The number of rotatable bonds is 4. The molecule has 0 amide bonds. The molecule has 0 aromatic carbocycles. The lowest BCUT2D eigenvalue weighted by atomic mass is 10.5. The third kappa shape index (κ3) is 3.67. The average molecular weight is 249 g/mol. The summed E-state index contributed by atoms with van der Waals surface area (Å²) in [4.78, 5) is 10.1. The van der Waals surface area contributed by atoms with Crippen LogP contribution < -0.4 is 0 Å². The summed E-state index contributed by atoms with van der Waals surface area (Å²) in [6.45, 7) is -0.531. The lowest BCUT2D eigenvalue weighted by Gasteiger charge is -2.22. The monoisotopic (exact) mass is 249 g/mol. The fourth-order valence-electron chi connectivity index (χ4n) is 0.719. The van der Waals surface area contributed by atoms with Crippen molar-refractivity contribution in [2.45, 2.75) is 18.3 Å². The van der Waals surface area contributed by atoms with E-state index in [-0.39, 0.29) is 4.31 Å². The van der Waals surface area contributed by atoms with Crippen molar-refractivity contribution in [3.05, 3.63) is 0 Å². The molecule has 90 valence electrons. The number of carboxylic acids is 1. The van der Waals surface area contributed by atoms with Gasteiger partial charge in [-0.25, -0.2) is 8.42 Å². The summed E-state index contributed by atoms with van der Waals surface area (Å²) in [5.74, 6) is -1.52. The third-order valence-electron chi connectivity index (χ3n) is 1.70. The Hall–Kier alpha value is -0.830. The zero-order valence-electron chi connectivity index (χ0n) is 7.95. The van der Waals surface area contributed by atoms with Gasteiger partial charge in [-0.1, -0.05) is 0 Å². The van der Waals surface area contributed by atoms with Crippen LogP contribution in [0.4, 0.5) is 13.2 Å². The second kappa shape index (κ2) is 4.35. The molecule has 1 atom stereocenters. The van der Waals surface area contributed by atoms with Gasteiger partial charge in [-0.15, -0.1) is 0 Å². The van der Waals surface area contributed by atoms with E-state index in [4.69, 9.17) is 5.11 Å². The van der Waals surface area contributed by atoms with Gasteiger partial charge >= 0.3 is 12.1 Å². The van der Waals surface area contributed by atoms with Crippen LogP contribution in [0.5, 0.6) is 0 Å². The molecule has 0 heterocycles. The fraction of sp³-hybridized carbons (Fsp3) is 0.833. The number of likely N-dealkylation sites (N-methyl/N-ethyl adjacent to an activating group) is 1. The molecule has 0 aromatic rings. The first-order valence-electron chi connectivity index (χ1n) is 3.73. The normalized spacial score (nSPS) is 15.3. The number of hydrogen-bond acceptors (Lipinski definition) is 3. The highest BCUT2D eigenvalue weighted by molar-refractivity contribution is 7.89. The molecular formula is C6H10F3NO4S. The molecule has 0 fully saturated rings. The average Bonchev–Trinajstić information content (AvgIpc) is 1.99. The second-order valence-electron chi connectivity index (χ2n) is 2.88. The lowest BCUT2D eigenvalue weighted by Crippen LogP contribution is -2.44. The van der Waals surface area contributed by atoms with Gasteiger partial charge in [0, 0.05) is 7.05 Å². The molecule has 1 unspecified atom stereocenters. The van der Waals surface area contributed by atoms with Gasteiger partial charge in [0.15, 0.2) is 5.25 Å². The van der Waals surface area contributed by atoms with Crippen molar-refractivity contribution < 1.29 is 31.5 Å². The summed E-state index contributed by atoms with van der Waals surface area (Å²) in [7, 11) is -3.88. The quantitative estimate of drug-likeness (QED) is 0.776. The van der Waals surface area contributed by atoms with E-state index in [1.165, 1.54) is 0 Å². The summed E-state index contributed by atoms with van der Waals surface area (Å²) < 4.78 is 58.7. The van der Waals surface area contributed by atoms with Crippen LogP contribution in [0, 0.1) is 0 Å². The van der Waals surface area contributed by atoms with E-state index >= 15 is 0 Å². The summed E-state index contributed by atoms with van der Waals surface area (Å²) in [6.07, 6.45) is -4.91. The largest absolute Gasteiger partial charge is 0.480 e. The van der Waals surface area contributed by atoms with Crippen molar-refractivity contribution in [1.29, 1.82) is 0 Å². The first kappa shape index (κ1) is 14.2. The van der Waals surface area contributed by atoms with E-state index in [1.807, 2.05) is 0 Å². The topological polar surface area (TPSA) is 74.7 Å².